The van der Waals surface area contributed by atoms with E-state index in [2.05, 4.69) is 22.8 Å². The van der Waals surface area contributed by atoms with E-state index in [1.165, 1.54) is 30.5 Å². The maximum Gasteiger partial charge on any atom is 0.573 e. The van der Waals surface area contributed by atoms with E-state index >= 15 is 0 Å². The highest BCUT2D eigenvalue weighted by Crippen LogP contribution is 2.40. The summed E-state index contributed by atoms with van der Waals surface area (Å²) < 4.78 is 41.0. The largest absolute Gasteiger partial charge is 0.573 e. The van der Waals surface area contributed by atoms with Crippen molar-refractivity contribution in [2.75, 3.05) is 20.1 Å². The summed E-state index contributed by atoms with van der Waals surface area (Å²) in [5, 5.41) is 0.610. The van der Waals surface area contributed by atoms with Crippen molar-refractivity contribution >= 4 is 17.9 Å². The first-order chi connectivity index (χ1) is 15.2. The Morgan fingerprint density at radius 2 is 1.81 bits per heavy atom. The van der Waals surface area contributed by atoms with Crippen LogP contribution in [0.2, 0.25) is 5.02 Å². The Hall–Kier alpha value is -2.09. The molecule has 0 saturated carbocycles. The summed E-state index contributed by atoms with van der Waals surface area (Å²) in [4.78, 5) is 16.3. The number of nitrogens with zero attached hydrogens (tertiary/aromatic N) is 2. The number of rotatable bonds is 6. The summed E-state index contributed by atoms with van der Waals surface area (Å²) in [5.74, 6) is 0.372. The molecule has 0 bridgehead atoms. The molecule has 172 valence electrons. The van der Waals surface area contributed by atoms with E-state index in [4.69, 9.17) is 11.6 Å². The maximum absolute atomic E-state index is 12.4. The second-order valence-electron chi connectivity index (χ2n) is 8.78. The number of ether oxygens (including phenoxy) is 1. The lowest BCUT2D eigenvalue weighted by molar-refractivity contribution is -0.274. The van der Waals surface area contributed by atoms with Crippen LogP contribution in [0.25, 0.3) is 0 Å². The van der Waals surface area contributed by atoms with Gasteiger partial charge in [-0.25, -0.2) is 0 Å². The summed E-state index contributed by atoms with van der Waals surface area (Å²) >= 11 is 6.62. The molecule has 0 aromatic heterocycles. The molecule has 2 aliphatic rings. The Bertz CT molecular complexity index is 957. The smallest absolute Gasteiger partial charge is 0.406 e. The van der Waals surface area contributed by atoms with Crippen molar-refractivity contribution in [2.24, 2.45) is 5.92 Å². The summed E-state index contributed by atoms with van der Waals surface area (Å²) in [6.07, 6.45) is -0.518. The predicted octanol–water partition coefficient (Wildman–Crippen LogP) is 5.38. The zero-order valence-corrected chi connectivity index (χ0v) is 18.6. The number of carbonyl (C=O) groups is 1. The number of piperidine rings is 1. The molecule has 0 aliphatic carbocycles. The van der Waals surface area contributed by atoms with Gasteiger partial charge in [0.05, 0.1) is 6.04 Å². The summed E-state index contributed by atoms with van der Waals surface area (Å²) in [5.41, 5.74) is 3.88. The van der Waals surface area contributed by atoms with Crippen molar-refractivity contribution in [2.45, 2.75) is 44.8 Å². The molecule has 2 heterocycles. The second-order valence-corrected chi connectivity index (χ2v) is 9.19. The molecule has 1 unspecified atom stereocenters. The fourth-order valence-electron chi connectivity index (χ4n) is 4.76. The van der Waals surface area contributed by atoms with E-state index in [0.29, 0.717) is 24.0 Å². The lowest BCUT2D eigenvalue weighted by Crippen LogP contribution is -2.30. The number of hydrogen-bond donors (Lipinski definition) is 0. The quantitative estimate of drug-likeness (QED) is 0.535. The van der Waals surface area contributed by atoms with Gasteiger partial charge in [0.1, 0.15) is 12.0 Å². The number of hydrogen-bond acceptors (Lipinski definition) is 4. The summed E-state index contributed by atoms with van der Waals surface area (Å²) in [6, 6.07) is 9.42. The van der Waals surface area contributed by atoms with Gasteiger partial charge in [-0.15, -0.1) is 13.2 Å². The number of benzene rings is 2. The van der Waals surface area contributed by atoms with Gasteiger partial charge in [0.25, 0.3) is 0 Å². The number of fused-ring (bicyclic) bond motifs is 1. The van der Waals surface area contributed by atoms with E-state index in [-0.39, 0.29) is 5.75 Å². The van der Waals surface area contributed by atoms with Gasteiger partial charge in [-0.2, -0.15) is 0 Å². The molecule has 4 rings (SSSR count). The van der Waals surface area contributed by atoms with E-state index in [1.54, 1.807) is 12.1 Å². The Balaban J connectivity index is 1.46. The third-order valence-corrected chi connectivity index (χ3v) is 6.68. The second kappa shape index (κ2) is 9.41. The Morgan fingerprint density at radius 3 is 2.44 bits per heavy atom. The van der Waals surface area contributed by atoms with Crippen LogP contribution in [0.5, 0.6) is 5.75 Å². The van der Waals surface area contributed by atoms with E-state index in [0.717, 1.165) is 42.5 Å². The normalized spacial score (nSPS) is 20.3. The molecule has 0 radical (unpaired) electrons. The number of likely N-dealkylation sites (tertiary alicyclic amines) is 1. The zero-order chi connectivity index (χ0) is 22.9. The van der Waals surface area contributed by atoms with Gasteiger partial charge in [-0.1, -0.05) is 29.8 Å². The highest BCUT2D eigenvalue weighted by molar-refractivity contribution is 6.31. The predicted molar refractivity (Wildman–Crippen MR) is 117 cm³/mol. The van der Waals surface area contributed by atoms with E-state index < -0.39 is 12.4 Å². The van der Waals surface area contributed by atoms with Crippen LogP contribution in [0.15, 0.2) is 36.4 Å². The van der Waals surface area contributed by atoms with Gasteiger partial charge in [0, 0.05) is 18.1 Å². The van der Waals surface area contributed by atoms with Crippen LogP contribution in [0, 0.1) is 5.92 Å². The molecule has 0 amide bonds. The van der Waals surface area contributed by atoms with Crippen LogP contribution in [0.1, 0.15) is 41.1 Å². The highest BCUT2D eigenvalue weighted by Gasteiger charge is 2.33. The molecule has 4 nitrogen and oxygen atoms in total. The maximum atomic E-state index is 12.4. The van der Waals surface area contributed by atoms with Crippen molar-refractivity contribution in [1.29, 1.82) is 0 Å². The first kappa shape index (κ1) is 23.1. The molecule has 0 spiro atoms. The van der Waals surface area contributed by atoms with Crippen molar-refractivity contribution in [1.82, 2.24) is 9.80 Å². The minimum Gasteiger partial charge on any atom is -0.406 e. The third-order valence-electron chi connectivity index (χ3n) is 6.37. The topological polar surface area (TPSA) is 32.8 Å². The molecule has 8 heteroatoms. The third kappa shape index (κ3) is 5.45. The van der Waals surface area contributed by atoms with Crippen molar-refractivity contribution in [3.05, 3.63) is 63.7 Å². The molecule has 2 aromatic rings. The first-order valence-electron chi connectivity index (χ1n) is 10.8. The monoisotopic (exact) mass is 466 g/mol. The molecule has 2 aromatic carbocycles. The van der Waals surface area contributed by atoms with E-state index in [1.807, 2.05) is 11.0 Å². The molecule has 32 heavy (non-hydrogen) atoms. The van der Waals surface area contributed by atoms with Crippen LogP contribution in [0.4, 0.5) is 13.2 Å². The van der Waals surface area contributed by atoms with Gasteiger partial charge < -0.3 is 14.4 Å². The standard InChI is InChI=1S/C24H26ClF3N2O2/c1-29-8-6-16(7-9-29)10-18-11-19-14-30(22(15-31)23(19)21(25)12-18)13-17-2-4-20(5-3-17)32-24(26,27)28/h2-5,11-12,15-16,22H,6-10,13-14H2,1H3. The molecule has 2 aliphatic heterocycles. The number of alkyl halides is 3. The molecule has 1 saturated heterocycles. The van der Waals surface area contributed by atoms with E-state index in [9.17, 15) is 18.0 Å². The van der Waals surface area contributed by atoms with Crippen molar-refractivity contribution in [3.63, 3.8) is 0 Å². The minimum absolute atomic E-state index is 0.264. The zero-order valence-electron chi connectivity index (χ0n) is 17.9. The Kier molecular flexibility index (Phi) is 6.79. The fraction of sp³-hybridized carbons (Fsp3) is 0.458. The molecular weight excluding hydrogens is 441 g/mol. The lowest BCUT2D eigenvalue weighted by atomic mass is 9.89. The highest BCUT2D eigenvalue weighted by atomic mass is 35.5. The molecule has 0 N–H and O–H groups in total. The molecular formula is C24H26ClF3N2O2. The van der Waals surface area contributed by atoms with Crippen molar-refractivity contribution in [3.8, 4) is 5.75 Å². The number of aldehydes is 1. The lowest BCUT2D eigenvalue weighted by Gasteiger charge is -2.29. The van der Waals surface area contributed by atoms with Crippen LogP contribution < -0.4 is 4.74 Å². The average molecular weight is 467 g/mol. The Morgan fingerprint density at radius 1 is 1.12 bits per heavy atom. The van der Waals surface area contributed by atoms with Crippen LogP contribution in [-0.4, -0.2) is 42.6 Å². The van der Waals surface area contributed by atoms with Gasteiger partial charge in [-0.05, 0) is 85.8 Å². The Labute approximate surface area is 190 Å². The van der Waals surface area contributed by atoms with Gasteiger partial charge >= 0.3 is 6.36 Å². The van der Waals surface area contributed by atoms with Crippen molar-refractivity contribution < 1.29 is 22.7 Å². The fourth-order valence-corrected chi connectivity index (χ4v) is 5.13. The SMILES string of the molecule is CN1CCC(Cc2cc(Cl)c3c(c2)CN(Cc2ccc(OC(F)(F)F)cc2)C3C=O)CC1. The first-order valence-corrected chi connectivity index (χ1v) is 11.1. The van der Waals surface area contributed by atoms with Gasteiger partial charge in [-0.3, -0.25) is 4.90 Å². The summed E-state index contributed by atoms with van der Waals surface area (Å²) in [7, 11) is 2.15. The number of carbonyl (C=O) groups excluding carboxylic acids is 1. The van der Waals surface area contributed by atoms with Gasteiger partial charge in [0.15, 0.2) is 0 Å². The minimum atomic E-state index is -4.72. The van der Waals surface area contributed by atoms with Gasteiger partial charge in [0.2, 0.25) is 0 Å². The summed E-state index contributed by atoms with van der Waals surface area (Å²) in [6.45, 7) is 3.21. The van der Waals surface area contributed by atoms with Crippen LogP contribution in [-0.2, 0) is 24.3 Å². The van der Waals surface area contributed by atoms with Crippen LogP contribution >= 0.6 is 11.6 Å². The molecule has 1 atom stereocenters. The molecule has 1 fully saturated rings. The van der Waals surface area contributed by atoms with Crippen LogP contribution in [0.3, 0.4) is 0 Å². The number of halogens is 4. The average Bonchev–Trinajstić information content (AvgIpc) is 3.07.